The minimum Gasteiger partial charge on any atom is -0.448 e. The van der Waals surface area contributed by atoms with Crippen molar-refractivity contribution in [2.45, 2.75) is 84.0 Å². The first-order valence-electron chi connectivity index (χ1n) is 10.6. The Bertz CT molecular complexity index is 661. The highest BCUT2D eigenvalue weighted by molar-refractivity contribution is 5.78. The topological polar surface area (TPSA) is 75.9 Å². The van der Waals surface area contributed by atoms with Crippen molar-refractivity contribution in [3.63, 3.8) is 0 Å². The smallest absolute Gasteiger partial charge is 0.202 e. The van der Waals surface area contributed by atoms with E-state index in [1.54, 1.807) is 6.26 Å². The number of nitrogens with one attached hydrogen (secondary N) is 1. The molecule has 0 spiro atoms. The number of rotatable bonds is 14. The molecule has 2 rings (SSSR count). The summed E-state index contributed by atoms with van der Waals surface area (Å²) in [5.74, 6) is 0.558. The molecular formula is C23H35N3O. The Labute approximate surface area is 164 Å². The Balaban J connectivity index is 1.62. The van der Waals surface area contributed by atoms with E-state index >= 15 is 0 Å². The number of nitrogens with two attached hydrogens (primary N) is 1. The maximum atomic E-state index is 7.30. The van der Waals surface area contributed by atoms with Crippen molar-refractivity contribution in [2.75, 3.05) is 0 Å². The number of benzene rings is 1. The summed E-state index contributed by atoms with van der Waals surface area (Å²) >= 11 is 0. The van der Waals surface area contributed by atoms with E-state index in [4.69, 9.17) is 15.6 Å². The third-order valence-corrected chi connectivity index (χ3v) is 4.96. The first-order chi connectivity index (χ1) is 13.2. The molecule has 0 aliphatic rings. The van der Waals surface area contributed by atoms with Gasteiger partial charge in [-0.15, -0.1) is 0 Å². The van der Waals surface area contributed by atoms with E-state index in [9.17, 15) is 0 Å². The average Bonchev–Trinajstić information content (AvgIpc) is 3.11. The Kier molecular flexibility index (Phi) is 9.67. The summed E-state index contributed by atoms with van der Waals surface area (Å²) in [5, 5.41) is 7.30. The number of oxazole rings is 1. The van der Waals surface area contributed by atoms with Gasteiger partial charge in [-0.05, 0) is 18.4 Å². The molecule has 1 aromatic carbocycles. The first-order valence-corrected chi connectivity index (χ1v) is 10.6. The highest BCUT2D eigenvalue weighted by Crippen LogP contribution is 2.20. The molecule has 0 aliphatic carbocycles. The fourth-order valence-electron chi connectivity index (χ4n) is 3.35. The third-order valence-electron chi connectivity index (χ3n) is 4.96. The Hall–Kier alpha value is -2.10. The zero-order valence-corrected chi connectivity index (χ0v) is 16.8. The van der Waals surface area contributed by atoms with Gasteiger partial charge in [0, 0.05) is 5.56 Å². The molecule has 0 saturated heterocycles. The lowest BCUT2D eigenvalue weighted by molar-refractivity contribution is 0.512. The molecule has 27 heavy (non-hydrogen) atoms. The van der Waals surface area contributed by atoms with Gasteiger partial charge in [0.25, 0.3) is 0 Å². The van der Waals surface area contributed by atoms with Crippen LogP contribution in [-0.4, -0.2) is 10.8 Å². The molecule has 0 amide bonds. The number of aryl methyl sites for hydroxylation is 1. The molecule has 4 heteroatoms. The van der Waals surface area contributed by atoms with Crippen LogP contribution in [0.1, 0.15) is 82.6 Å². The molecule has 0 saturated carbocycles. The quantitative estimate of drug-likeness (QED) is 0.233. The third kappa shape index (κ3) is 8.42. The van der Waals surface area contributed by atoms with Gasteiger partial charge in [0.05, 0.1) is 12.3 Å². The second-order valence-electron chi connectivity index (χ2n) is 7.46. The summed E-state index contributed by atoms with van der Waals surface area (Å²) in [7, 11) is 0. The molecule has 0 bridgehead atoms. The molecule has 0 atom stereocenters. The SMILES string of the molecule is CCCCCCCCCCCCc1ccc(-c2coc(CC(=N)N)n2)cc1. The average molecular weight is 370 g/mol. The molecule has 3 N–H and O–H groups in total. The number of aromatic nitrogens is 1. The van der Waals surface area contributed by atoms with Crippen molar-refractivity contribution in [2.24, 2.45) is 5.73 Å². The van der Waals surface area contributed by atoms with E-state index in [1.807, 2.05) is 0 Å². The van der Waals surface area contributed by atoms with Crippen LogP contribution in [0.4, 0.5) is 0 Å². The van der Waals surface area contributed by atoms with E-state index in [1.165, 1.54) is 69.8 Å². The predicted molar refractivity (Wildman–Crippen MR) is 113 cm³/mol. The Morgan fingerprint density at radius 1 is 0.926 bits per heavy atom. The lowest BCUT2D eigenvalue weighted by Gasteiger charge is -2.04. The first kappa shape index (κ1) is 21.2. The summed E-state index contributed by atoms with van der Waals surface area (Å²) in [5.41, 5.74) is 8.61. The van der Waals surface area contributed by atoms with Crippen LogP contribution < -0.4 is 5.73 Å². The van der Waals surface area contributed by atoms with Crippen LogP contribution in [-0.2, 0) is 12.8 Å². The van der Waals surface area contributed by atoms with Gasteiger partial charge in [-0.2, -0.15) is 0 Å². The van der Waals surface area contributed by atoms with Crippen LogP contribution in [0.2, 0.25) is 0 Å². The second kappa shape index (κ2) is 12.3. The predicted octanol–water partition coefficient (Wildman–Crippen LogP) is 6.28. The number of nitrogens with zero attached hydrogens (tertiary/aromatic N) is 1. The maximum Gasteiger partial charge on any atom is 0.202 e. The number of amidine groups is 1. The van der Waals surface area contributed by atoms with Crippen molar-refractivity contribution >= 4 is 5.84 Å². The van der Waals surface area contributed by atoms with Gasteiger partial charge >= 0.3 is 0 Å². The van der Waals surface area contributed by atoms with Crippen molar-refractivity contribution in [1.29, 1.82) is 5.41 Å². The highest BCUT2D eigenvalue weighted by Gasteiger charge is 2.07. The molecule has 1 aromatic heterocycles. The van der Waals surface area contributed by atoms with Crippen molar-refractivity contribution < 1.29 is 4.42 Å². The van der Waals surface area contributed by atoms with E-state index in [0.29, 0.717) is 5.89 Å². The largest absolute Gasteiger partial charge is 0.448 e. The molecule has 0 radical (unpaired) electrons. The van der Waals surface area contributed by atoms with Gasteiger partial charge in [-0.25, -0.2) is 4.98 Å². The molecule has 148 valence electrons. The molecular weight excluding hydrogens is 334 g/mol. The second-order valence-corrected chi connectivity index (χ2v) is 7.46. The maximum absolute atomic E-state index is 7.30. The normalized spacial score (nSPS) is 11.0. The van der Waals surface area contributed by atoms with Gasteiger partial charge in [0.1, 0.15) is 12.0 Å². The molecule has 2 aromatic rings. The van der Waals surface area contributed by atoms with Gasteiger partial charge in [-0.1, -0.05) is 89.0 Å². The fraction of sp³-hybridized carbons (Fsp3) is 0.565. The lowest BCUT2D eigenvalue weighted by Crippen LogP contribution is -2.12. The Morgan fingerprint density at radius 2 is 1.52 bits per heavy atom. The van der Waals surface area contributed by atoms with Crippen molar-refractivity contribution in [3.05, 3.63) is 42.0 Å². The zero-order valence-electron chi connectivity index (χ0n) is 16.8. The van der Waals surface area contributed by atoms with Gasteiger partial charge < -0.3 is 10.2 Å². The molecule has 0 aliphatic heterocycles. The van der Waals surface area contributed by atoms with E-state index in [2.05, 4.69) is 36.2 Å². The fourth-order valence-corrected chi connectivity index (χ4v) is 3.35. The van der Waals surface area contributed by atoms with Gasteiger partial charge in [0.15, 0.2) is 0 Å². The summed E-state index contributed by atoms with van der Waals surface area (Å²) in [6.45, 7) is 2.27. The minimum absolute atomic E-state index is 0.0650. The lowest BCUT2D eigenvalue weighted by atomic mass is 10.0. The van der Waals surface area contributed by atoms with Crippen LogP contribution in [0.25, 0.3) is 11.3 Å². The summed E-state index contributed by atoms with van der Waals surface area (Å²) in [6, 6.07) is 8.56. The van der Waals surface area contributed by atoms with Crippen LogP contribution in [0.5, 0.6) is 0 Å². The standard InChI is InChI=1S/C23H35N3O/c1-2-3-4-5-6-7-8-9-10-11-12-19-13-15-20(16-14-19)21-18-27-23(26-21)17-22(24)25/h13-16,18H,2-12,17H2,1H3,(H3,24,25). The summed E-state index contributed by atoms with van der Waals surface area (Å²) < 4.78 is 5.37. The highest BCUT2D eigenvalue weighted by atomic mass is 16.3. The number of unbranched alkanes of at least 4 members (excludes halogenated alkanes) is 9. The Morgan fingerprint density at radius 3 is 2.11 bits per heavy atom. The van der Waals surface area contributed by atoms with Gasteiger partial charge in [0.2, 0.25) is 5.89 Å². The molecule has 0 unspecified atom stereocenters. The number of hydrogen-bond donors (Lipinski definition) is 2. The van der Waals surface area contributed by atoms with E-state index in [0.717, 1.165) is 17.7 Å². The van der Waals surface area contributed by atoms with Crippen LogP contribution in [0.3, 0.4) is 0 Å². The van der Waals surface area contributed by atoms with Gasteiger partial charge in [-0.3, -0.25) is 5.41 Å². The summed E-state index contributed by atoms with van der Waals surface area (Å²) in [6.07, 6.45) is 16.8. The summed E-state index contributed by atoms with van der Waals surface area (Å²) in [4.78, 5) is 4.39. The van der Waals surface area contributed by atoms with Crippen LogP contribution >= 0.6 is 0 Å². The molecule has 4 nitrogen and oxygen atoms in total. The minimum atomic E-state index is 0.0650. The zero-order chi connectivity index (χ0) is 19.3. The van der Waals surface area contributed by atoms with Crippen LogP contribution in [0, 0.1) is 5.41 Å². The molecule has 1 heterocycles. The monoisotopic (exact) mass is 369 g/mol. The van der Waals surface area contributed by atoms with Crippen molar-refractivity contribution in [3.8, 4) is 11.3 Å². The number of hydrogen-bond acceptors (Lipinski definition) is 3. The van der Waals surface area contributed by atoms with E-state index < -0.39 is 0 Å². The van der Waals surface area contributed by atoms with Crippen LogP contribution in [0.15, 0.2) is 34.9 Å². The van der Waals surface area contributed by atoms with E-state index in [-0.39, 0.29) is 12.3 Å². The van der Waals surface area contributed by atoms with Crippen molar-refractivity contribution in [1.82, 2.24) is 4.98 Å². The molecule has 0 fully saturated rings.